The number of nitrogens with two attached hydrogens (primary N) is 1. The standard InChI is InChI=1S/C6H9F5N2/c7-1-2(8)4(10)6(13-12)5(11)3(1)9/h1-6,13H,12H2. The molecule has 4 atom stereocenters. The molecule has 1 aliphatic carbocycles. The Labute approximate surface area is 71.2 Å². The van der Waals surface area contributed by atoms with Crippen LogP contribution in [-0.4, -0.2) is 36.9 Å². The van der Waals surface area contributed by atoms with Crippen LogP contribution in [0.2, 0.25) is 0 Å². The van der Waals surface area contributed by atoms with E-state index in [0.717, 1.165) is 0 Å². The summed E-state index contributed by atoms with van der Waals surface area (Å²) in [4.78, 5) is 0. The molecule has 2 nitrogen and oxygen atoms in total. The van der Waals surface area contributed by atoms with E-state index in [4.69, 9.17) is 0 Å². The molecular formula is C6H9F5N2. The molecule has 4 unspecified atom stereocenters. The highest BCUT2D eigenvalue weighted by Gasteiger charge is 2.53. The van der Waals surface area contributed by atoms with Gasteiger partial charge in [-0.25, -0.2) is 22.0 Å². The molecule has 7 heteroatoms. The third-order valence-electron chi connectivity index (χ3n) is 2.10. The van der Waals surface area contributed by atoms with Crippen LogP contribution < -0.4 is 11.3 Å². The molecule has 3 N–H and O–H groups in total. The Morgan fingerprint density at radius 1 is 0.692 bits per heavy atom. The van der Waals surface area contributed by atoms with Crippen LogP contribution in [-0.2, 0) is 0 Å². The number of rotatable bonds is 1. The SMILES string of the molecule is NNC1C(F)C(F)C(F)C(F)C1F. The van der Waals surface area contributed by atoms with Gasteiger partial charge < -0.3 is 0 Å². The fourth-order valence-corrected chi connectivity index (χ4v) is 1.28. The van der Waals surface area contributed by atoms with E-state index < -0.39 is 36.9 Å². The lowest BCUT2D eigenvalue weighted by Crippen LogP contribution is -2.62. The van der Waals surface area contributed by atoms with Crippen molar-refractivity contribution in [3.05, 3.63) is 0 Å². The van der Waals surface area contributed by atoms with Gasteiger partial charge in [0.2, 0.25) is 0 Å². The summed E-state index contributed by atoms with van der Waals surface area (Å²) in [7, 11) is 0. The highest BCUT2D eigenvalue weighted by atomic mass is 19.2. The number of hydrogen-bond acceptors (Lipinski definition) is 2. The Morgan fingerprint density at radius 2 is 1.00 bits per heavy atom. The molecule has 1 rings (SSSR count). The van der Waals surface area contributed by atoms with E-state index in [1.807, 2.05) is 0 Å². The Morgan fingerprint density at radius 3 is 1.31 bits per heavy atom. The maximum atomic E-state index is 12.8. The summed E-state index contributed by atoms with van der Waals surface area (Å²) in [5.74, 6) is 4.67. The Balaban J connectivity index is 2.79. The summed E-state index contributed by atoms with van der Waals surface area (Å²) in [5, 5.41) is 0. The van der Waals surface area contributed by atoms with Crippen molar-refractivity contribution in [2.45, 2.75) is 36.9 Å². The lowest BCUT2D eigenvalue weighted by Gasteiger charge is -2.35. The van der Waals surface area contributed by atoms with Crippen molar-refractivity contribution in [2.75, 3.05) is 0 Å². The molecule has 0 aromatic rings. The summed E-state index contributed by atoms with van der Waals surface area (Å²) in [5.41, 5.74) is 1.59. The van der Waals surface area contributed by atoms with Gasteiger partial charge in [0.15, 0.2) is 30.9 Å². The minimum atomic E-state index is -2.77. The molecule has 0 aromatic heterocycles. The molecule has 0 bridgehead atoms. The topological polar surface area (TPSA) is 38.0 Å². The highest BCUT2D eigenvalue weighted by Crippen LogP contribution is 2.31. The lowest BCUT2D eigenvalue weighted by molar-refractivity contribution is -0.0716. The van der Waals surface area contributed by atoms with E-state index >= 15 is 0 Å². The van der Waals surface area contributed by atoms with Crippen LogP contribution in [0.3, 0.4) is 0 Å². The van der Waals surface area contributed by atoms with Crippen molar-refractivity contribution in [1.82, 2.24) is 5.43 Å². The summed E-state index contributed by atoms with van der Waals surface area (Å²) in [6, 6.07) is -1.84. The summed E-state index contributed by atoms with van der Waals surface area (Å²) >= 11 is 0. The first-order chi connectivity index (χ1) is 6.00. The van der Waals surface area contributed by atoms with E-state index in [9.17, 15) is 22.0 Å². The normalized spacial score (nSPS) is 52.2. The molecule has 78 valence electrons. The van der Waals surface area contributed by atoms with Crippen molar-refractivity contribution >= 4 is 0 Å². The predicted molar refractivity (Wildman–Crippen MR) is 35.6 cm³/mol. The zero-order valence-corrected chi connectivity index (χ0v) is 6.43. The maximum absolute atomic E-state index is 12.8. The third-order valence-corrected chi connectivity index (χ3v) is 2.10. The molecule has 0 heterocycles. The molecule has 1 fully saturated rings. The zero-order chi connectivity index (χ0) is 10.2. The van der Waals surface area contributed by atoms with Crippen molar-refractivity contribution < 1.29 is 22.0 Å². The van der Waals surface area contributed by atoms with E-state index in [0.29, 0.717) is 0 Å². The van der Waals surface area contributed by atoms with Gasteiger partial charge in [-0.15, -0.1) is 0 Å². The van der Waals surface area contributed by atoms with E-state index in [1.165, 1.54) is 0 Å². The third kappa shape index (κ3) is 1.62. The second-order valence-electron chi connectivity index (χ2n) is 2.91. The van der Waals surface area contributed by atoms with Crippen molar-refractivity contribution in [3.8, 4) is 0 Å². The largest absolute Gasteiger partial charge is 0.271 e. The van der Waals surface area contributed by atoms with Gasteiger partial charge in [-0.3, -0.25) is 11.3 Å². The van der Waals surface area contributed by atoms with Crippen LogP contribution in [0.4, 0.5) is 22.0 Å². The second-order valence-corrected chi connectivity index (χ2v) is 2.91. The molecule has 0 aliphatic heterocycles. The number of hydrogen-bond donors (Lipinski definition) is 2. The van der Waals surface area contributed by atoms with E-state index in [2.05, 4.69) is 5.84 Å². The first kappa shape index (κ1) is 10.6. The predicted octanol–water partition coefficient (Wildman–Crippen LogP) is 0.522. The Hall–Kier alpha value is -0.430. The van der Waals surface area contributed by atoms with Gasteiger partial charge in [-0.1, -0.05) is 0 Å². The fraction of sp³-hybridized carbons (Fsp3) is 1.00. The smallest absolute Gasteiger partial charge is 0.168 e. The molecule has 0 amide bonds. The van der Waals surface area contributed by atoms with Crippen LogP contribution >= 0.6 is 0 Å². The maximum Gasteiger partial charge on any atom is 0.168 e. The monoisotopic (exact) mass is 204 g/mol. The Bertz CT molecular complexity index is 164. The minimum Gasteiger partial charge on any atom is -0.271 e. The summed E-state index contributed by atoms with van der Waals surface area (Å²) in [6.45, 7) is 0. The first-order valence-corrected chi connectivity index (χ1v) is 3.67. The van der Waals surface area contributed by atoms with Crippen molar-refractivity contribution in [3.63, 3.8) is 0 Å². The zero-order valence-electron chi connectivity index (χ0n) is 6.43. The number of nitrogens with one attached hydrogen (secondary N) is 1. The number of alkyl halides is 5. The van der Waals surface area contributed by atoms with Crippen molar-refractivity contribution in [2.24, 2.45) is 5.84 Å². The Kier molecular flexibility index (Phi) is 3.07. The minimum absolute atomic E-state index is 1.59. The van der Waals surface area contributed by atoms with Gasteiger partial charge >= 0.3 is 0 Å². The molecule has 0 spiro atoms. The molecule has 13 heavy (non-hydrogen) atoms. The van der Waals surface area contributed by atoms with E-state index in [1.54, 1.807) is 5.43 Å². The molecule has 0 saturated heterocycles. The molecule has 0 radical (unpaired) electrons. The van der Waals surface area contributed by atoms with Gasteiger partial charge in [0.05, 0.1) is 6.04 Å². The molecular weight excluding hydrogens is 195 g/mol. The first-order valence-electron chi connectivity index (χ1n) is 3.67. The van der Waals surface area contributed by atoms with E-state index in [-0.39, 0.29) is 0 Å². The highest BCUT2D eigenvalue weighted by molar-refractivity contribution is 5.02. The average Bonchev–Trinajstić information content (AvgIpc) is 2.13. The van der Waals surface area contributed by atoms with Gasteiger partial charge in [-0.05, 0) is 0 Å². The fourth-order valence-electron chi connectivity index (χ4n) is 1.28. The van der Waals surface area contributed by atoms with Gasteiger partial charge in [-0.2, -0.15) is 0 Å². The van der Waals surface area contributed by atoms with Gasteiger partial charge in [0, 0.05) is 0 Å². The molecule has 1 saturated carbocycles. The van der Waals surface area contributed by atoms with Crippen LogP contribution in [0.25, 0.3) is 0 Å². The van der Waals surface area contributed by atoms with Gasteiger partial charge in [0.1, 0.15) is 0 Å². The second kappa shape index (κ2) is 3.75. The number of halogens is 5. The van der Waals surface area contributed by atoms with Crippen LogP contribution in [0.15, 0.2) is 0 Å². The van der Waals surface area contributed by atoms with Crippen LogP contribution in [0.5, 0.6) is 0 Å². The summed E-state index contributed by atoms with van der Waals surface area (Å²) < 4.78 is 63.1. The quantitative estimate of drug-likeness (QED) is 0.371. The summed E-state index contributed by atoms with van der Waals surface area (Å²) in [6.07, 6.45) is -13.1. The van der Waals surface area contributed by atoms with Crippen LogP contribution in [0.1, 0.15) is 0 Å². The molecule has 1 aliphatic rings. The average molecular weight is 204 g/mol. The lowest BCUT2D eigenvalue weighted by atomic mass is 9.88. The van der Waals surface area contributed by atoms with Crippen molar-refractivity contribution in [1.29, 1.82) is 0 Å². The van der Waals surface area contributed by atoms with Crippen LogP contribution in [0, 0.1) is 0 Å². The van der Waals surface area contributed by atoms with Gasteiger partial charge in [0.25, 0.3) is 0 Å². The number of hydrazine groups is 1. The molecule has 0 aromatic carbocycles.